The Labute approximate surface area is 194 Å². The highest BCUT2D eigenvalue weighted by atomic mass is 79.9. The van der Waals surface area contributed by atoms with Crippen molar-refractivity contribution in [1.29, 1.82) is 0 Å². The summed E-state index contributed by atoms with van der Waals surface area (Å²) in [5.41, 5.74) is -2.38. The Balaban J connectivity index is 2.16. The van der Waals surface area contributed by atoms with Gasteiger partial charge >= 0.3 is 13.2 Å². The Morgan fingerprint density at radius 1 is 1.14 bits per heavy atom. The van der Waals surface area contributed by atoms with Crippen molar-refractivity contribution in [1.82, 2.24) is 4.90 Å². The molecule has 6 nitrogen and oxygen atoms in total. The van der Waals surface area contributed by atoms with Gasteiger partial charge in [0, 0.05) is 36.1 Å². The molecule has 29 heavy (non-hydrogen) atoms. The van der Waals surface area contributed by atoms with Gasteiger partial charge in [0.25, 0.3) is 0 Å². The minimum Gasteiger partial charge on any atom is -0.444 e. The molecule has 8 heteroatoms. The van der Waals surface area contributed by atoms with Crippen LogP contribution in [0.1, 0.15) is 59.4 Å². The summed E-state index contributed by atoms with van der Waals surface area (Å²) < 4.78 is 86.5. The lowest BCUT2D eigenvalue weighted by molar-refractivity contribution is 0.00578. The van der Waals surface area contributed by atoms with Crippen molar-refractivity contribution in [2.75, 3.05) is 30.9 Å². The van der Waals surface area contributed by atoms with E-state index in [4.69, 9.17) is 25.0 Å². The van der Waals surface area contributed by atoms with Crippen LogP contribution in [0.5, 0.6) is 0 Å². The fourth-order valence-corrected chi connectivity index (χ4v) is 3.04. The number of benzene rings is 1. The standard InChI is InChI=1S/C21H32BBrN2O4/c1-19(2,3)27-18(26)25-12-10-24(11-13-25)15-8-9-17(23)16(14-15)22-28-20(4,5)21(6,7)29-22/h8-9,14H,10-13H2,1-7H3/i10D2,11D2,12D2,13D2. The molecule has 1 amide bonds. The Morgan fingerprint density at radius 3 is 2.21 bits per heavy atom. The summed E-state index contributed by atoms with van der Waals surface area (Å²) in [6.45, 7) is -1.38. The van der Waals surface area contributed by atoms with Crippen LogP contribution >= 0.6 is 15.9 Å². The third-order valence-corrected chi connectivity index (χ3v) is 5.59. The van der Waals surface area contributed by atoms with Crippen molar-refractivity contribution < 1.29 is 29.8 Å². The van der Waals surface area contributed by atoms with Crippen LogP contribution < -0.4 is 10.4 Å². The van der Waals surface area contributed by atoms with Crippen LogP contribution in [-0.2, 0) is 14.0 Å². The van der Waals surface area contributed by atoms with Crippen LogP contribution in [0, 0.1) is 0 Å². The molecule has 0 spiro atoms. The monoisotopic (exact) mass is 474 g/mol. The fourth-order valence-electron chi connectivity index (χ4n) is 2.60. The van der Waals surface area contributed by atoms with Gasteiger partial charge in [-0.25, -0.2) is 4.79 Å². The highest BCUT2D eigenvalue weighted by Crippen LogP contribution is 2.37. The number of rotatable bonds is 2. The van der Waals surface area contributed by atoms with Crippen molar-refractivity contribution in [3.63, 3.8) is 0 Å². The predicted molar refractivity (Wildman–Crippen MR) is 120 cm³/mol. The number of piperazine rings is 1. The van der Waals surface area contributed by atoms with Crippen molar-refractivity contribution in [2.45, 2.75) is 65.3 Å². The Hall–Kier alpha value is -1.25. The summed E-state index contributed by atoms with van der Waals surface area (Å²) >= 11 is 3.41. The maximum absolute atomic E-state index is 12.9. The molecule has 0 N–H and O–H groups in total. The van der Waals surface area contributed by atoms with Gasteiger partial charge < -0.3 is 23.8 Å². The molecular weight excluding hydrogens is 435 g/mol. The number of hydrogen-bond donors (Lipinski definition) is 0. The average Bonchev–Trinajstić information content (AvgIpc) is 2.87. The second-order valence-electron chi connectivity index (χ2n) is 8.89. The first-order chi connectivity index (χ1) is 16.3. The van der Waals surface area contributed by atoms with E-state index in [-0.39, 0.29) is 10.6 Å². The Kier molecular flexibility index (Phi) is 3.74. The fraction of sp³-hybridized carbons (Fsp3) is 0.667. The molecule has 0 aromatic heterocycles. The lowest BCUT2D eigenvalue weighted by atomic mass is 9.79. The summed E-state index contributed by atoms with van der Waals surface area (Å²) in [6.07, 6.45) is -1.52. The lowest BCUT2D eigenvalue weighted by Gasteiger charge is -2.37. The van der Waals surface area contributed by atoms with Crippen LogP contribution in [0.2, 0.25) is 0 Å². The van der Waals surface area contributed by atoms with Gasteiger partial charge in [0.1, 0.15) is 5.60 Å². The van der Waals surface area contributed by atoms with Gasteiger partial charge in [0.15, 0.2) is 0 Å². The molecule has 0 atom stereocenters. The van der Waals surface area contributed by atoms with E-state index < -0.39 is 56.0 Å². The molecule has 2 fully saturated rings. The van der Waals surface area contributed by atoms with E-state index in [0.29, 0.717) is 14.8 Å². The first kappa shape index (κ1) is 13.9. The van der Waals surface area contributed by atoms with E-state index in [2.05, 4.69) is 15.9 Å². The maximum Gasteiger partial charge on any atom is 0.496 e. The molecule has 0 bridgehead atoms. The molecule has 2 aliphatic rings. The maximum atomic E-state index is 12.9. The Bertz CT molecular complexity index is 1050. The highest BCUT2D eigenvalue weighted by Gasteiger charge is 2.52. The van der Waals surface area contributed by atoms with Crippen LogP contribution in [0.15, 0.2) is 22.7 Å². The third-order valence-electron chi connectivity index (χ3n) is 4.87. The number of carbonyl (C=O) groups excluding carboxylic acids is 1. The Morgan fingerprint density at radius 2 is 1.69 bits per heavy atom. The third kappa shape index (κ3) is 4.92. The van der Waals surface area contributed by atoms with Gasteiger partial charge in [-0.05, 0) is 72.1 Å². The zero-order valence-corrected chi connectivity index (χ0v) is 19.3. The number of nitrogens with zero attached hydrogens (tertiary/aromatic N) is 2. The summed E-state index contributed by atoms with van der Waals surface area (Å²) in [5, 5.41) is 0. The van der Waals surface area contributed by atoms with Gasteiger partial charge in [-0.15, -0.1) is 0 Å². The van der Waals surface area contributed by atoms with E-state index in [1.54, 1.807) is 0 Å². The van der Waals surface area contributed by atoms with Crippen LogP contribution in [0.4, 0.5) is 10.5 Å². The quantitative estimate of drug-likeness (QED) is 0.610. The van der Waals surface area contributed by atoms with Crippen LogP contribution in [0.3, 0.4) is 0 Å². The SMILES string of the molecule is [2H]C1([2H])N(C(=O)OC(C)(C)C)C([2H])([2H])C([2H])([2H])N(c2ccc(Br)c(B3OC(C)(C)C(C)(C)O3)c2)C1([2H])[2H]. The molecule has 2 aliphatic heterocycles. The summed E-state index contributed by atoms with van der Waals surface area (Å²) in [6, 6.07) is 4.17. The van der Waals surface area contributed by atoms with E-state index in [1.165, 1.54) is 39.0 Å². The predicted octanol–water partition coefficient (Wildman–Crippen LogP) is 3.81. The normalized spacial score (nSPS) is 32.5. The molecule has 0 saturated carbocycles. The molecule has 0 aliphatic carbocycles. The zero-order valence-electron chi connectivity index (χ0n) is 25.7. The molecule has 2 saturated heterocycles. The van der Waals surface area contributed by atoms with E-state index in [9.17, 15) is 4.79 Å². The number of carbonyl (C=O) groups is 1. The van der Waals surface area contributed by atoms with Crippen molar-refractivity contribution >= 4 is 40.3 Å². The van der Waals surface area contributed by atoms with Gasteiger partial charge in [0.2, 0.25) is 0 Å². The molecular formula is C21H32BBrN2O4. The van der Waals surface area contributed by atoms with Crippen molar-refractivity contribution in [2.24, 2.45) is 0 Å². The minimum atomic E-state index is -3.36. The summed E-state index contributed by atoms with van der Waals surface area (Å²) in [4.78, 5) is 13.1. The topological polar surface area (TPSA) is 51.2 Å². The van der Waals surface area contributed by atoms with Gasteiger partial charge in [-0.2, -0.15) is 0 Å². The zero-order chi connectivity index (χ0) is 28.8. The number of anilines is 1. The van der Waals surface area contributed by atoms with Crippen LogP contribution in [-0.4, -0.2) is 60.9 Å². The number of hydrogen-bond acceptors (Lipinski definition) is 5. The highest BCUT2D eigenvalue weighted by molar-refractivity contribution is 9.10. The first-order valence-corrected chi connectivity index (χ1v) is 10.1. The molecule has 0 unspecified atom stereocenters. The molecule has 1 aromatic rings. The second kappa shape index (κ2) is 7.78. The summed E-state index contributed by atoms with van der Waals surface area (Å²) in [5.74, 6) is 0. The number of ether oxygens (including phenoxy) is 1. The molecule has 2 heterocycles. The number of halogens is 1. The number of amides is 1. The molecule has 3 rings (SSSR count). The largest absolute Gasteiger partial charge is 0.496 e. The molecule has 1 aromatic carbocycles. The van der Waals surface area contributed by atoms with E-state index in [1.807, 2.05) is 27.7 Å². The smallest absolute Gasteiger partial charge is 0.444 e. The second-order valence-corrected chi connectivity index (χ2v) is 9.75. The van der Waals surface area contributed by atoms with Gasteiger partial charge in [-0.1, -0.05) is 15.9 Å². The lowest BCUT2D eigenvalue weighted by Crippen LogP contribution is -2.50. The molecule has 160 valence electrons. The summed E-state index contributed by atoms with van der Waals surface area (Å²) in [7, 11) is -0.923. The average molecular weight is 475 g/mol. The van der Waals surface area contributed by atoms with Crippen molar-refractivity contribution in [3.8, 4) is 0 Å². The van der Waals surface area contributed by atoms with E-state index in [0.717, 1.165) is 0 Å². The van der Waals surface area contributed by atoms with Crippen LogP contribution in [0.25, 0.3) is 0 Å². The van der Waals surface area contributed by atoms with Gasteiger partial charge in [0.05, 0.1) is 22.2 Å². The van der Waals surface area contributed by atoms with Gasteiger partial charge in [-0.3, -0.25) is 0 Å². The van der Waals surface area contributed by atoms with E-state index >= 15 is 0 Å². The molecule has 0 radical (unpaired) electrons. The minimum absolute atomic E-state index is 0.129. The van der Waals surface area contributed by atoms with Crippen molar-refractivity contribution in [3.05, 3.63) is 22.7 Å². The first-order valence-electron chi connectivity index (χ1n) is 13.3.